The summed E-state index contributed by atoms with van der Waals surface area (Å²) in [6.07, 6.45) is 11.1. The van der Waals surface area contributed by atoms with E-state index in [4.69, 9.17) is 4.74 Å². The van der Waals surface area contributed by atoms with Gasteiger partial charge < -0.3 is 14.6 Å². The standard InChI is InChI=1S/C23H26N4O2S/c1-2-15-3-5-16(6-4-15)17-11-18-19(13-25-21(18)24-12-17)20-14-30-22(26-20)23(28)27-7-9-29-10-8-27/h5,11-15H,2-4,6-10H2,1H3,(H,24,25). The number of rotatable bonds is 4. The molecule has 2 aliphatic rings. The zero-order valence-electron chi connectivity index (χ0n) is 17.2. The highest BCUT2D eigenvalue weighted by atomic mass is 32.1. The minimum Gasteiger partial charge on any atom is -0.378 e. The summed E-state index contributed by atoms with van der Waals surface area (Å²) < 4.78 is 5.34. The van der Waals surface area contributed by atoms with Gasteiger partial charge in [0.2, 0.25) is 0 Å². The molecular formula is C23H26N4O2S. The molecule has 1 unspecified atom stereocenters. The molecule has 3 aromatic heterocycles. The van der Waals surface area contributed by atoms with Gasteiger partial charge in [-0.25, -0.2) is 9.97 Å². The number of amides is 1. The second kappa shape index (κ2) is 8.32. The molecule has 5 rings (SSSR count). The summed E-state index contributed by atoms with van der Waals surface area (Å²) in [6.45, 7) is 4.71. The minimum absolute atomic E-state index is 0.00829. The number of nitrogens with zero attached hydrogens (tertiary/aromatic N) is 3. The van der Waals surface area contributed by atoms with Gasteiger partial charge in [-0.2, -0.15) is 0 Å². The van der Waals surface area contributed by atoms with E-state index in [0.29, 0.717) is 31.3 Å². The molecule has 6 nitrogen and oxygen atoms in total. The van der Waals surface area contributed by atoms with Gasteiger partial charge in [-0.15, -0.1) is 11.3 Å². The van der Waals surface area contributed by atoms with Crippen molar-refractivity contribution in [3.63, 3.8) is 0 Å². The second-order valence-electron chi connectivity index (χ2n) is 8.04. The van der Waals surface area contributed by atoms with Crippen molar-refractivity contribution in [1.82, 2.24) is 19.9 Å². The topological polar surface area (TPSA) is 71.1 Å². The van der Waals surface area contributed by atoms with E-state index in [1.165, 1.54) is 35.3 Å². The van der Waals surface area contributed by atoms with Crippen LogP contribution in [0.15, 0.2) is 29.9 Å². The Bertz CT molecular complexity index is 1090. The highest BCUT2D eigenvalue weighted by Crippen LogP contribution is 2.35. The third kappa shape index (κ3) is 3.68. The van der Waals surface area contributed by atoms with Gasteiger partial charge >= 0.3 is 0 Å². The lowest BCUT2D eigenvalue weighted by Crippen LogP contribution is -2.40. The van der Waals surface area contributed by atoms with Crippen LogP contribution in [0.4, 0.5) is 0 Å². The Morgan fingerprint density at radius 1 is 1.37 bits per heavy atom. The number of hydrogen-bond acceptors (Lipinski definition) is 5. The first-order valence-electron chi connectivity index (χ1n) is 10.7. The highest BCUT2D eigenvalue weighted by Gasteiger charge is 2.22. The first-order valence-corrected chi connectivity index (χ1v) is 11.6. The molecular weight excluding hydrogens is 396 g/mol. The molecule has 1 aliphatic heterocycles. The number of aromatic nitrogens is 3. The number of fused-ring (bicyclic) bond motifs is 1. The summed E-state index contributed by atoms with van der Waals surface area (Å²) in [7, 11) is 0. The number of aromatic amines is 1. The molecule has 1 N–H and O–H groups in total. The van der Waals surface area contributed by atoms with E-state index >= 15 is 0 Å². The molecule has 156 valence electrons. The summed E-state index contributed by atoms with van der Waals surface area (Å²) in [5, 5.41) is 3.56. The summed E-state index contributed by atoms with van der Waals surface area (Å²) in [5.74, 6) is 0.803. The quantitative estimate of drug-likeness (QED) is 0.658. The smallest absolute Gasteiger partial charge is 0.283 e. The maximum Gasteiger partial charge on any atom is 0.283 e. The molecule has 0 bridgehead atoms. The third-order valence-electron chi connectivity index (χ3n) is 6.26. The van der Waals surface area contributed by atoms with Crippen LogP contribution in [0.2, 0.25) is 0 Å². The maximum atomic E-state index is 12.7. The third-order valence-corrected chi connectivity index (χ3v) is 7.09. The Kier molecular flexibility index (Phi) is 5.39. The van der Waals surface area contributed by atoms with Crippen LogP contribution in [-0.2, 0) is 4.74 Å². The van der Waals surface area contributed by atoms with Crippen molar-refractivity contribution in [3.8, 4) is 11.3 Å². The number of nitrogens with one attached hydrogen (secondary N) is 1. The number of carbonyl (C=O) groups excluding carboxylic acids is 1. The van der Waals surface area contributed by atoms with Crippen molar-refractivity contribution in [2.45, 2.75) is 32.6 Å². The highest BCUT2D eigenvalue weighted by molar-refractivity contribution is 7.12. The fourth-order valence-electron chi connectivity index (χ4n) is 4.31. The predicted molar refractivity (Wildman–Crippen MR) is 120 cm³/mol. The molecule has 1 aliphatic carbocycles. The van der Waals surface area contributed by atoms with Crippen molar-refractivity contribution < 1.29 is 9.53 Å². The van der Waals surface area contributed by atoms with Crippen molar-refractivity contribution >= 4 is 33.9 Å². The van der Waals surface area contributed by atoms with Gasteiger partial charge in [-0.3, -0.25) is 4.79 Å². The van der Waals surface area contributed by atoms with Crippen LogP contribution >= 0.6 is 11.3 Å². The zero-order chi connectivity index (χ0) is 20.5. The Balaban J connectivity index is 1.43. The van der Waals surface area contributed by atoms with E-state index in [1.807, 2.05) is 22.7 Å². The number of ether oxygens (including phenoxy) is 1. The van der Waals surface area contributed by atoms with E-state index in [9.17, 15) is 4.79 Å². The number of carbonyl (C=O) groups is 1. The molecule has 0 radical (unpaired) electrons. The minimum atomic E-state index is -0.00829. The molecule has 1 saturated heterocycles. The molecule has 4 heterocycles. The average molecular weight is 423 g/mol. The van der Waals surface area contributed by atoms with Crippen molar-refractivity contribution in [2.75, 3.05) is 26.3 Å². The first kappa shape index (κ1) is 19.5. The van der Waals surface area contributed by atoms with E-state index in [1.54, 1.807) is 0 Å². The molecule has 3 aromatic rings. The molecule has 1 atom stereocenters. The van der Waals surface area contributed by atoms with Gasteiger partial charge in [-0.1, -0.05) is 19.4 Å². The first-order chi connectivity index (χ1) is 14.7. The fourth-order valence-corrected chi connectivity index (χ4v) is 5.09. The van der Waals surface area contributed by atoms with Crippen LogP contribution < -0.4 is 0 Å². The maximum absolute atomic E-state index is 12.7. The Morgan fingerprint density at radius 2 is 2.23 bits per heavy atom. The summed E-state index contributed by atoms with van der Waals surface area (Å²) in [6, 6.07) is 2.22. The van der Waals surface area contributed by atoms with Gasteiger partial charge in [0.15, 0.2) is 5.01 Å². The van der Waals surface area contributed by atoms with Crippen LogP contribution in [0.5, 0.6) is 0 Å². The number of morpholine rings is 1. The Morgan fingerprint density at radius 3 is 3.00 bits per heavy atom. The van der Waals surface area contributed by atoms with Crippen molar-refractivity contribution in [3.05, 3.63) is 40.5 Å². The van der Waals surface area contributed by atoms with Crippen LogP contribution in [-0.4, -0.2) is 52.1 Å². The monoisotopic (exact) mass is 422 g/mol. The zero-order valence-corrected chi connectivity index (χ0v) is 18.0. The lowest BCUT2D eigenvalue weighted by atomic mass is 9.85. The van der Waals surface area contributed by atoms with Crippen LogP contribution in [0.3, 0.4) is 0 Å². The fraction of sp³-hybridized carbons (Fsp3) is 0.435. The van der Waals surface area contributed by atoms with Crippen LogP contribution in [0, 0.1) is 5.92 Å². The second-order valence-corrected chi connectivity index (χ2v) is 8.90. The van der Waals surface area contributed by atoms with E-state index in [0.717, 1.165) is 41.1 Å². The number of H-pyrrole nitrogens is 1. The normalized spacial score (nSPS) is 19.8. The van der Waals surface area contributed by atoms with Gasteiger partial charge in [0.1, 0.15) is 5.65 Å². The summed E-state index contributed by atoms with van der Waals surface area (Å²) in [5.41, 5.74) is 5.26. The predicted octanol–water partition coefficient (Wildman–Crippen LogP) is 4.75. The summed E-state index contributed by atoms with van der Waals surface area (Å²) >= 11 is 1.40. The van der Waals surface area contributed by atoms with Gasteiger partial charge in [0.05, 0.1) is 18.9 Å². The van der Waals surface area contributed by atoms with Crippen molar-refractivity contribution in [1.29, 1.82) is 0 Å². The average Bonchev–Trinajstić information content (AvgIpc) is 3.46. The van der Waals surface area contributed by atoms with Gasteiger partial charge in [0, 0.05) is 41.8 Å². The molecule has 0 aromatic carbocycles. The number of thiazole rings is 1. The lowest BCUT2D eigenvalue weighted by Gasteiger charge is -2.25. The molecule has 30 heavy (non-hydrogen) atoms. The SMILES string of the molecule is CCC1CC=C(c2cnc3[nH]cc(-c4csc(C(=O)N5CCOCC5)n4)c3c2)CC1. The van der Waals surface area contributed by atoms with Gasteiger partial charge in [0.25, 0.3) is 5.91 Å². The molecule has 1 fully saturated rings. The summed E-state index contributed by atoms with van der Waals surface area (Å²) in [4.78, 5) is 27.1. The van der Waals surface area contributed by atoms with Crippen LogP contribution in [0.1, 0.15) is 48.0 Å². The largest absolute Gasteiger partial charge is 0.378 e. The van der Waals surface area contributed by atoms with E-state index in [2.05, 4.69) is 34.0 Å². The lowest BCUT2D eigenvalue weighted by molar-refractivity contribution is 0.0303. The number of hydrogen-bond donors (Lipinski definition) is 1. The number of allylic oxidation sites excluding steroid dienone is 2. The molecule has 1 amide bonds. The van der Waals surface area contributed by atoms with Gasteiger partial charge in [-0.05, 0) is 42.4 Å². The van der Waals surface area contributed by atoms with E-state index < -0.39 is 0 Å². The van der Waals surface area contributed by atoms with Crippen LogP contribution in [0.25, 0.3) is 27.9 Å². The van der Waals surface area contributed by atoms with E-state index in [-0.39, 0.29) is 5.91 Å². The number of pyridine rings is 1. The Labute approximate surface area is 180 Å². The molecule has 0 spiro atoms. The Hall–Kier alpha value is -2.51. The molecule has 0 saturated carbocycles. The molecule has 7 heteroatoms. The van der Waals surface area contributed by atoms with Crippen molar-refractivity contribution in [2.24, 2.45) is 5.92 Å².